The third-order valence-electron chi connectivity index (χ3n) is 4.93. The van der Waals surface area contributed by atoms with Crippen molar-refractivity contribution in [1.29, 1.82) is 0 Å². The lowest BCUT2D eigenvalue weighted by atomic mass is 9.94. The maximum Gasteiger partial charge on any atom is 0.235 e. The summed E-state index contributed by atoms with van der Waals surface area (Å²) in [5.74, 6) is 0.840. The normalized spacial score (nSPS) is 16.1. The maximum absolute atomic E-state index is 12.9. The average Bonchev–Trinajstić information content (AvgIpc) is 3.16. The number of amides is 1. The molecule has 0 radical (unpaired) electrons. The van der Waals surface area contributed by atoms with Crippen molar-refractivity contribution in [1.82, 2.24) is 25.1 Å². The van der Waals surface area contributed by atoms with E-state index in [4.69, 9.17) is 4.74 Å². The minimum atomic E-state index is -0.263. The number of thioether (sulfide) groups is 1. The third kappa shape index (κ3) is 4.61. The highest BCUT2D eigenvalue weighted by atomic mass is 32.2. The first kappa shape index (κ1) is 19.7. The molecule has 2 aromatic rings. The van der Waals surface area contributed by atoms with E-state index in [2.05, 4.69) is 15.5 Å². The van der Waals surface area contributed by atoms with Crippen LogP contribution in [0.4, 0.5) is 0 Å². The Morgan fingerprint density at radius 2 is 2.07 bits per heavy atom. The number of aromatic nitrogens is 4. The summed E-state index contributed by atoms with van der Waals surface area (Å²) in [5, 5.41) is 12.4. The van der Waals surface area contributed by atoms with Gasteiger partial charge in [-0.1, -0.05) is 43.2 Å². The van der Waals surface area contributed by atoms with Gasteiger partial charge in [0.05, 0.1) is 11.9 Å². The molecule has 7 nitrogen and oxygen atoms in total. The van der Waals surface area contributed by atoms with Crippen molar-refractivity contribution in [3.8, 4) is 11.4 Å². The van der Waals surface area contributed by atoms with Crippen molar-refractivity contribution in [2.45, 2.75) is 62.4 Å². The van der Waals surface area contributed by atoms with Crippen LogP contribution >= 0.6 is 11.8 Å². The van der Waals surface area contributed by atoms with Gasteiger partial charge in [-0.15, -0.1) is 5.10 Å². The van der Waals surface area contributed by atoms with E-state index in [-0.39, 0.29) is 11.2 Å². The number of carbonyl (C=O) groups excluding carboxylic acids is 1. The topological polar surface area (TPSA) is 73.1 Å². The van der Waals surface area contributed by atoms with Gasteiger partial charge in [0.25, 0.3) is 0 Å². The van der Waals surface area contributed by atoms with Gasteiger partial charge in [0.15, 0.2) is 0 Å². The van der Waals surface area contributed by atoms with Gasteiger partial charge >= 0.3 is 0 Å². The molecule has 146 valence electrons. The van der Waals surface area contributed by atoms with Gasteiger partial charge in [-0.3, -0.25) is 4.79 Å². The van der Waals surface area contributed by atoms with E-state index in [1.807, 2.05) is 50.1 Å². The molecular weight excluding hydrogens is 362 g/mol. The molecule has 1 fully saturated rings. The van der Waals surface area contributed by atoms with Crippen LogP contribution in [0.15, 0.2) is 29.4 Å². The second kappa shape index (κ2) is 9.21. The maximum atomic E-state index is 12.9. The fourth-order valence-corrected chi connectivity index (χ4v) is 4.36. The predicted molar refractivity (Wildman–Crippen MR) is 105 cm³/mol. The molecule has 1 aromatic carbocycles. The molecule has 0 bridgehead atoms. The van der Waals surface area contributed by atoms with Crippen LogP contribution in [0.5, 0.6) is 5.75 Å². The fraction of sp³-hybridized carbons (Fsp3) is 0.579. The Balaban J connectivity index is 1.73. The molecule has 1 unspecified atom stereocenters. The molecule has 1 aliphatic carbocycles. The zero-order valence-corrected chi connectivity index (χ0v) is 17.0. The van der Waals surface area contributed by atoms with Crippen molar-refractivity contribution in [3.05, 3.63) is 24.3 Å². The van der Waals surface area contributed by atoms with E-state index in [1.165, 1.54) is 31.0 Å². The highest BCUT2D eigenvalue weighted by Gasteiger charge is 2.27. The van der Waals surface area contributed by atoms with Gasteiger partial charge in [0, 0.05) is 13.1 Å². The highest BCUT2D eigenvalue weighted by molar-refractivity contribution is 8.00. The summed E-state index contributed by atoms with van der Waals surface area (Å²) in [4.78, 5) is 14.8. The molecule has 0 saturated heterocycles. The van der Waals surface area contributed by atoms with E-state index in [0.29, 0.717) is 23.6 Å². The first-order valence-electron chi connectivity index (χ1n) is 9.55. The third-order valence-corrected chi connectivity index (χ3v) is 5.95. The summed E-state index contributed by atoms with van der Waals surface area (Å²) in [6.45, 7) is 4.41. The van der Waals surface area contributed by atoms with E-state index in [1.54, 1.807) is 4.68 Å². The quantitative estimate of drug-likeness (QED) is 0.676. The smallest absolute Gasteiger partial charge is 0.235 e. The fourth-order valence-electron chi connectivity index (χ4n) is 3.46. The molecule has 1 amide bonds. The van der Waals surface area contributed by atoms with Gasteiger partial charge in [0.1, 0.15) is 11.4 Å². The van der Waals surface area contributed by atoms with Gasteiger partial charge in [-0.05, 0) is 49.2 Å². The molecule has 27 heavy (non-hydrogen) atoms. The summed E-state index contributed by atoms with van der Waals surface area (Å²) in [5.41, 5.74) is 0.770. The Labute approximate surface area is 164 Å². The molecule has 0 spiro atoms. The van der Waals surface area contributed by atoms with Gasteiger partial charge in [-0.25, -0.2) is 0 Å². The SMILES string of the molecule is CCOc1ccccc1-n1nnnc1SC(C)C(=O)N(C)C1CCCCC1. The first-order chi connectivity index (χ1) is 13.1. The minimum absolute atomic E-state index is 0.125. The summed E-state index contributed by atoms with van der Waals surface area (Å²) in [6.07, 6.45) is 5.88. The van der Waals surface area contributed by atoms with Crippen LogP contribution in [0.25, 0.3) is 5.69 Å². The summed E-state index contributed by atoms with van der Waals surface area (Å²) < 4.78 is 7.32. The average molecular weight is 390 g/mol. The lowest BCUT2D eigenvalue weighted by molar-refractivity contribution is -0.131. The molecule has 3 rings (SSSR count). The Morgan fingerprint density at radius 3 is 2.81 bits per heavy atom. The van der Waals surface area contributed by atoms with E-state index in [9.17, 15) is 4.79 Å². The summed E-state index contributed by atoms with van der Waals surface area (Å²) >= 11 is 1.38. The van der Waals surface area contributed by atoms with Crippen LogP contribution in [-0.4, -0.2) is 56.0 Å². The van der Waals surface area contributed by atoms with Crippen LogP contribution in [0.3, 0.4) is 0 Å². The predicted octanol–water partition coefficient (Wildman–Crippen LogP) is 3.33. The van der Waals surface area contributed by atoms with Gasteiger partial charge < -0.3 is 9.64 Å². The van der Waals surface area contributed by atoms with Crippen LogP contribution in [0, 0.1) is 0 Å². The number of ether oxygens (including phenoxy) is 1. The number of nitrogens with zero attached hydrogens (tertiary/aromatic N) is 5. The molecule has 1 saturated carbocycles. The van der Waals surface area contributed by atoms with Crippen molar-refractivity contribution in [2.75, 3.05) is 13.7 Å². The lowest BCUT2D eigenvalue weighted by Gasteiger charge is -2.32. The molecule has 1 heterocycles. The monoisotopic (exact) mass is 389 g/mol. The Kier molecular flexibility index (Phi) is 6.71. The van der Waals surface area contributed by atoms with Crippen LogP contribution in [0.2, 0.25) is 0 Å². The number of para-hydroxylation sites is 2. The summed E-state index contributed by atoms with van der Waals surface area (Å²) in [6, 6.07) is 7.98. The zero-order valence-electron chi connectivity index (χ0n) is 16.2. The molecular formula is C19H27N5O2S. The largest absolute Gasteiger partial charge is 0.492 e. The van der Waals surface area contributed by atoms with Crippen molar-refractivity contribution in [3.63, 3.8) is 0 Å². The number of hydrogen-bond donors (Lipinski definition) is 0. The number of tetrazole rings is 1. The van der Waals surface area contributed by atoms with E-state index in [0.717, 1.165) is 18.5 Å². The molecule has 1 aliphatic rings. The molecule has 0 N–H and O–H groups in total. The van der Waals surface area contributed by atoms with Crippen molar-refractivity contribution >= 4 is 17.7 Å². The molecule has 0 aliphatic heterocycles. The number of rotatable bonds is 7. The molecule has 1 aromatic heterocycles. The molecule has 8 heteroatoms. The number of benzene rings is 1. The summed E-state index contributed by atoms with van der Waals surface area (Å²) in [7, 11) is 1.92. The Bertz CT molecular complexity index is 760. The minimum Gasteiger partial charge on any atom is -0.492 e. The van der Waals surface area contributed by atoms with Crippen LogP contribution in [-0.2, 0) is 4.79 Å². The van der Waals surface area contributed by atoms with Crippen LogP contribution in [0.1, 0.15) is 46.0 Å². The van der Waals surface area contributed by atoms with E-state index >= 15 is 0 Å². The Hall–Kier alpha value is -2.09. The Morgan fingerprint density at radius 1 is 1.33 bits per heavy atom. The van der Waals surface area contributed by atoms with Gasteiger partial charge in [0.2, 0.25) is 11.1 Å². The zero-order chi connectivity index (χ0) is 19.2. The number of hydrogen-bond acceptors (Lipinski definition) is 6. The second-order valence-corrected chi connectivity index (χ2v) is 8.08. The highest BCUT2D eigenvalue weighted by Crippen LogP contribution is 2.29. The second-order valence-electron chi connectivity index (χ2n) is 6.78. The lowest BCUT2D eigenvalue weighted by Crippen LogP contribution is -2.42. The molecule has 1 atom stereocenters. The van der Waals surface area contributed by atoms with E-state index < -0.39 is 0 Å². The van der Waals surface area contributed by atoms with Crippen molar-refractivity contribution < 1.29 is 9.53 Å². The van der Waals surface area contributed by atoms with Gasteiger partial charge in [-0.2, -0.15) is 4.68 Å². The number of carbonyl (C=O) groups is 1. The van der Waals surface area contributed by atoms with Crippen molar-refractivity contribution in [2.24, 2.45) is 0 Å². The first-order valence-corrected chi connectivity index (χ1v) is 10.4. The standard InChI is InChI=1S/C19H27N5O2S/c1-4-26-17-13-9-8-12-16(17)24-19(20-21-22-24)27-14(2)18(25)23(3)15-10-6-5-7-11-15/h8-9,12-15H,4-7,10-11H2,1-3H3. The van der Waals surface area contributed by atoms with Crippen LogP contribution < -0.4 is 4.74 Å².